The molecule has 0 aliphatic rings. The minimum atomic E-state index is -4.02. The zero-order valence-electron chi connectivity index (χ0n) is 10.9. The molecule has 0 spiro atoms. The van der Waals surface area contributed by atoms with E-state index in [1.807, 2.05) is 0 Å². The first-order valence-corrected chi connectivity index (χ1v) is 7.61. The number of benzene rings is 2. The predicted octanol–water partition coefficient (Wildman–Crippen LogP) is 2.87. The molecular formula is C13H12ClFN2O3S. The molecule has 0 heterocycles. The summed E-state index contributed by atoms with van der Waals surface area (Å²) < 4.78 is 44.9. The number of nitrogen functional groups attached to an aromatic ring is 1. The van der Waals surface area contributed by atoms with Crippen LogP contribution >= 0.6 is 11.6 Å². The zero-order chi connectivity index (χ0) is 15.6. The van der Waals surface area contributed by atoms with E-state index < -0.39 is 15.8 Å². The Labute approximate surface area is 126 Å². The standard InChI is InChI=1S/C13H12ClFN2O3S/c1-20-12-7-9(3-5-11(12)16)17-21(18,19)13-6-8(15)2-4-10(13)14/h2-7,17H,16H2,1H3. The highest BCUT2D eigenvalue weighted by Crippen LogP contribution is 2.28. The number of nitrogens with two attached hydrogens (primary N) is 1. The summed E-state index contributed by atoms with van der Waals surface area (Å²) >= 11 is 5.80. The third-order valence-corrected chi connectivity index (χ3v) is 4.53. The highest BCUT2D eigenvalue weighted by Gasteiger charge is 2.19. The minimum absolute atomic E-state index is 0.0775. The minimum Gasteiger partial charge on any atom is -0.495 e. The lowest BCUT2D eigenvalue weighted by molar-refractivity contribution is 0.417. The van der Waals surface area contributed by atoms with Crippen LogP contribution in [0.1, 0.15) is 0 Å². The van der Waals surface area contributed by atoms with Gasteiger partial charge in [-0.2, -0.15) is 0 Å². The van der Waals surface area contributed by atoms with Crippen molar-refractivity contribution in [3.8, 4) is 5.75 Å². The summed E-state index contributed by atoms with van der Waals surface area (Å²) in [5, 5.41) is -0.0775. The first-order valence-electron chi connectivity index (χ1n) is 5.75. The van der Waals surface area contributed by atoms with Crippen LogP contribution in [-0.2, 0) is 10.0 Å². The van der Waals surface area contributed by atoms with E-state index in [9.17, 15) is 12.8 Å². The summed E-state index contributed by atoms with van der Waals surface area (Å²) in [6.45, 7) is 0. The van der Waals surface area contributed by atoms with Crippen molar-refractivity contribution in [3.05, 3.63) is 47.2 Å². The van der Waals surface area contributed by atoms with Crippen LogP contribution in [0.15, 0.2) is 41.3 Å². The first kappa shape index (κ1) is 15.4. The molecule has 0 aliphatic carbocycles. The number of halogens is 2. The van der Waals surface area contributed by atoms with Gasteiger partial charge in [-0.3, -0.25) is 4.72 Å². The maximum absolute atomic E-state index is 13.2. The molecule has 0 saturated heterocycles. The van der Waals surface area contributed by atoms with Crippen LogP contribution < -0.4 is 15.2 Å². The third-order valence-electron chi connectivity index (χ3n) is 2.67. The fourth-order valence-electron chi connectivity index (χ4n) is 1.67. The van der Waals surface area contributed by atoms with E-state index >= 15 is 0 Å². The maximum Gasteiger partial charge on any atom is 0.263 e. The van der Waals surface area contributed by atoms with Gasteiger partial charge < -0.3 is 10.5 Å². The van der Waals surface area contributed by atoms with Crippen LogP contribution in [0, 0.1) is 5.82 Å². The van der Waals surface area contributed by atoms with Crippen molar-refractivity contribution >= 4 is 33.0 Å². The van der Waals surface area contributed by atoms with Crippen molar-refractivity contribution in [1.29, 1.82) is 0 Å². The normalized spacial score (nSPS) is 11.2. The summed E-state index contributed by atoms with van der Waals surface area (Å²) in [4.78, 5) is -0.347. The molecular weight excluding hydrogens is 319 g/mol. The van der Waals surface area contributed by atoms with Crippen LogP contribution in [0.25, 0.3) is 0 Å². The van der Waals surface area contributed by atoms with E-state index in [2.05, 4.69) is 4.72 Å². The predicted molar refractivity (Wildman–Crippen MR) is 79.6 cm³/mol. The molecule has 0 radical (unpaired) electrons. The lowest BCUT2D eigenvalue weighted by Crippen LogP contribution is -2.14. The second kappa shape index (κ2) is 5.79. The van der Waals surface area contributed by atoms with E-state index in [4.69, 9.17) is 22.1 Å². The largest absolute Gasteiger partial charge is 0.495 e. The van der Waals surface area contributed by atoms with Crippen LogP contribution in [0.5, 0.6) is 5.75 Å². The Bertz CT molecular complexity index is 781. The van der Waals surface area contributed by atoms with Gasteiger partial charge in [-0.25, -0.2) is 12.8 Å². The topological polar surface area (TPSA) is 81.4 Å². The fourth-order valence-corrected chi connectivity index (χ4v) is 3.23. The average molecular weight is 331 g/mol. The summed E-state index contributed by atoms with van der Waals surface area (Å²) in [6, 6.07) is 7.47. The van der Waals surface area contributed by atoms with Gasteiger partial charge >= 0.3 is 0 Å². The van der Waals surface area contributed by atoms with Crippen molar-refractivity contribution in [2.24, 2.45) is 0 Å². The Kier molecular flexibility index (Phi) is 4.24. The SMILES string of the molecule is COc1cc(NS(=O)(=O)c2cc(F)ccc2Cl)ccc1N. The molecule has 0 fully saturated rings. The number of hydrogen-bond donors (Lipinski definition) is 2. The molecule has 2 aromatic carbocycles. The molecule has 0 aromatic heterocycles. The van der Waals surface area contributed by atoms with Gasteiger partial charge in [0.1, 0.15) is 16.5 Å². The molecule has 5 nitrogen and oxygen atoms in total. The van der Waals surface area contributed by atoms with Gasteiger partial charge in [0, 0.05) is 6.07 Å². The summed E-state index contributed by atoms with van der Waals surface area (Å²) in [5.41, 5.74) is 6.23. The monoisotopic (exact) mass is 330 g/mol. The van der Waals surface area contributed by atoms with Gasteiger partial charge in [-0.15, -0.1) is 0 Å². The highest BCUT2D eigenvalue weighted by molar-refractivity contribution is 7.92. The average Bonchev–Trinajstić information content (AvgIpc) is 2.43. The van der Waals surface area contributed by atoms with E-state index in [-0.39, 0.29) is 15.6 Å². The molecule has 0 aliphatic heterocycles. The number of hydrogen-bond acceptors (Lipinski definition) is 4. The summed E-state index contributed by atoms with van der Waals surface area (Å²) in [5.74, 6) is -0.379. The first-order chi connectivity index (χ1) is 9.83. The third kappa shape index (κ3) is 3.37. The van der Waals surface area contributed by atoms with Crippen LogP contribution in [-0.4, -0.2) is 15.5 Å². The molecule has 2 aromatic rings. The summed E-state index contributed by atoms with van der Waals surface area (Å²) in [7, 11) is -2.61. The Hall–Kier alpha value is -1.99. The second-order valence-corrected chi connectivity index (χ2v) is 6.19. The number of sulfonamides is 1. The molecule has 0 saturated carbocycles. The van der Waals surface area contributed by atoms with Crippen molar-refractivity contribution in [1.82, 2.24) is 0 Å². The molecule has 21 heavy (non-hydrogen) atoms. The molecule has 0 atom stereocenters. The van der Waals surface area contributed by atoms with Gasteiger partial charge in [-0.05, 0) is 30.3 Å². The number of nitrogens with one attached hydrogen (secondary N) is 1. The highest BCUT2D eigenvalue weighted by atomic mass is 35.5. The quantitative estimate of drug-likeness (QED) is 0.845. The van der Waals surface area contributed by atoms with E-state index in [1.165, 1.54) is 31.4 Å². The lowest BCUT2D eigenvalue weighted by atomic mass is 10.2. The molecule has 8 heteroatoms. The Morgan fingerprint density at radius 1 is 1.24 bits per heavy atom. The zero-order valence-corrected chi connectivity index (χ0v) is 12.5. The number of anilines is 2. The maximum atomic E-state index is 13.2. The van der Waals surface area contributed by atoms with Crippen molar-refractivity contribution in [2.45, 2.75) is 4.90 Å². The molecule has 2 rings (SSSR count). The Morgan fingerprint density at radius 3 is 2.62 bits per heavy atom. The number of ether oxygens (including phenoxy) is 1. The molecule has 0 unspecified atom stereocenters. The molecule has 3 N–H and O–H groups in total. The summed E-state index contributed by atoms with van der Waals surface area (Å²) in [6.07, 6.45) is 0. The van der Waals surface area contributed by atoms with Gasteiger partial charge in [0.15, 0.2) is 0 Å². The van der Waals surface area contributed by atoms with Gasteiger partial charge in [0.05, 0.1) is 23.5 Å². The van der Waals surface area contributed by atoms with Crippen LogP contribution in [0.3, 0.4) is 0 Å². The fraction of sp³-hybridized carbons (Fsp3) is 0.0769. The van der Waals surface area contributed by atoms with Crippen molar-refractivity contribution in [3.63, 3.8) is 0 Å². The van der Waals surface area contributed by atoms with E-state index in [1.54, 1.807) is 0 Å². The Balaban J connectivity index is 2.40. The lowest BCUT2D eigenvalue weighted by Gasteiger charge is -2.11. The number of rotatable bonds is 4. The molecule has 112 valence electrons. The van der Waals surface area contributed by atoms with Gasteiger partial charge in [0.25, 0.3) is 10.0 Å². The smallest absolute Gasteiger partial charge is 0.263 e. The van der Waals surface area contributed by atoms with Crippen molar-refractivity contribution in [2.75, 3.05) is 17.6 Å². The molecule has 0 amide bonds. The van der Waals surface area contributed by atoms with Crippen LogP contribution in [0.2, 0.25) is 5.02 Å². The van der Waals surface area contributed by atoms with Crippen molar-refractivity contribution < 1.29 is 17.5 Å². The second-order valence-electron chi connectivity index (χ2n) is 4.14. The number of methoxy groups -OCH3 is 1. The molecule has 0 bridgehead atoms. The van der Waals surface area contributed by atoms with Gasteiger partial charge in [0.2, 0.25) is 0 Å². The Morgan fingerprint density at radius 2 is 1.95 bits per heavy atom. The van der Waals surface area contributed by atoms with E-state index in [0.717, 1.165) is 12.1 Å². The van der Waals surface area contributed by atoms with E-state index in [0.29, 0.717) is 11.4 Å². The van der Waals surface area contributed by atoms with Gasteiger partial charge in [-0.1, -0.05) is 11.6 Å². The van der Waals surface area contributed by atoms with Crippen LogP contribution in [0.4, 0.5) is 15.8 Å².